The average molecular weight is 627 g/mol. The van der Waals surface area contributed by atoms with Gasteiger partial charge in [0, 0.05) is 38.5 Å². The first kappa shape index (κ1) is 33.0. The Kier molecular flexibility index (Phi) is 11.4. The fraction of sp³-hybridized carbons (Fsp3) is 0.500. The molecule has 2 atom stereocenters. The summed E-state index contributed by atoms with van der Waals surface area (Å²) in [6.45, 7) is 2.95. The van der Waals surface area contributed by atoms with E-state index >= 15 is 0 Å². The first-order valence-electron chi connectivity index (χ1n) is 14.8. The molecule has 1 heterocycles. The van der Waals surface area contributed by atoms with E-state index < -0.39 is 12.1 Å². The Balaban J connectivity index is 1.73. The fourth-order valence-electron chi connectivity index (χ4n) is 5.90. The van der Waals surface area contributed by atoms with E-state index in [9.17, 15) is 19.2 Å². The molecule has 3 amide bonds. The molecule has 0 aromatic heterocycles. The van der Waals surface area contributed by atoms with Gasteiger partial charge in [-0.05, 0) is 72.6 Å². The summed E-state index contributed by atoms with van der Waals surface area (Å²) in [5, 5.41) is 9.14. The van der Waals surface area contributed by atoms with E-state index in [2.05, 4.69) is 16.0 Å². The highest BCUT2D eigenvalue weighted by atomic mass is 32.2. The number of aryl methyl sites for hydroxylation is 1. The van der Waals surface area contributed by atoms with E-state index in [1.54, 1.807) is 36.9 Å². The lowest BCUT2D eigenvalue weighted by Crippen LogP contribution is -2.44. The molecule has 2 aromatic carbocycles. The smallest absolute Gasteiger partial charge is 0.242 e. The van der Waals surface area contributed by atoms with Crippen molar-refractivity contribution in [2.45, 2.75) is 51.1 Å². The van der Waals surface area contributed by atoms with E-state index in [4.69, 9.17) is 14.2 Å². The largest absolute Gasteiger partial charge is 0.493 e. The Morgan fingerprint density at radius 1 is 1.07 bits per heavy atom. The van der Waals surface area contributed by atoms with Gasteiger partial charge >= 0.3 is 0 Å². The lowest BCUT2D eigenvalue weighted by atomic mass is 9.95. The van der Waals surface area contributed by atoms with Gasteiger partial charge in [-0.2, -0.15) is 11.8 Å². The van der Waals surface area contributed by atoms with Gasteiger partial charge in [-0.3, -0.25) is 19.2 Å². The molecule has 44 heavy (non-hydrogen) atoms. The number of nitrogens with zero attached hydrogens (tertiary/aromatic N) is 1. The van der Waals surface area contributed by atoms with E-state index in [0.717, 1.165) is 17.5 Å². The van der Waals surface area contributed by atoms with Gasteiger partial charge in [-0.15, -0.1) is 0 Å². The van der Waals surface area contributed by atoms with Crippen LogP contribution in [0.25, 0.3) is 11.1 Å². The molecule has 1 aliphatic heterocycles. The molecule has 12 heteroatoms. The lowest BCUT2D eigenvalue weighted by molar-refractivity contribution is -0.128. The second-order valence-corrected chi connectivity index (χ2v) is 11.8. The molecule has 4 rings (SSSR count). The molecule has 1 fully saturated rings. The van der Waals surface area contributed by atoms with Crippen molar-refractivity contribution >= 4 is 35.2 Å². The second kappa shape index (κ2) is 15.2. The van der Waals surface area contributed by atoms with Gasteiger partial charge in [0.05, 0.1) is 33.1 Å². The van der Waals surface area contributed by atoms with Crippen molar-refractivity contribution in [3.8, 4) is 28.4 Å². The number of amides is 3. The summed E-state index contributed by atoms with van der Waals surface area (Å²) in [6, 6.07) is 5.84. The van der Waals surface area contributed by atoms with Crippen LogP contribution in [-0.4, -0.2) is 81.6 Å². The third-order valence-electron chi connectivity index (χ3n) is 8.03. The zero-order valence-corrected chi connectivity index (χ0v) is 26.9. The van der Waals surface area contributed by atoms with Crippen LogP contribution in [0, 0.1) is 0 Å². The Hall–Kier alpha value is -3.93. The van der Waals surface area contributed by atoms with Gasteiger partial charge in [0.15, 0.2) is 11.5 Å². The SMILES string of the molecule is COc1cc2c(c(OC)c1OC)-c1ccc(NC(CCSC)C(=O)NCCN3CCCC3=O)c(=O)cc1C(NC(C)=O)CC2. The molecule has 0 spiro atoms. The number of hydrogen-bond donors (Lipinski definition) is 3. The molecule has 1 saturated heterocycles. The Labute approximate surface area is 262 Å². The van der Waals surface area contributed by atoms with Crippen LogP contribution in [0.4, 0.5) is 5.69 Å². The van der Waals surface area contributed by atoms with Crippen molar-refractivity contribution in [1.29, 1.82) is 0 Å². The van der Waals surface area contributed by atoms with E-state index in [0.29, 0.717) is 79.4 Å². The van der Waals surface area contributed by atoms with Crippen molar-refractivity contribution in [2.24, 2.45) is 0 Å². The van der Waals surface area contributed by atoms with Crippen molar-refractivity contribution in [1.82, 2.24) is 15.5 Å². The maximum absolute atomic E-state index is 13.7. The zero-order valence-electron chi connectivity index (χ0n) is 26.0. The Morgan fingerprint density at radius 3 is 2.48 bits per heavy atom. The van der Waals surface area contributed by atoms with Crippen LogP contribution in [0.5, 0.6) is 17.2 Å². The predicted molar refractivity (Wildman–Crippen MR) is 172 cm³/mol. The first-order chi connectivity index (χ1) is 21.2. The summed E-state index contributed by atoms with van der Waals surface area (Å²) in [6.07, 6.45) is 4.98. The van der Waals surface area contributed by atoms with Crippen molar-refractivity contribution < 1.29 is 28.6 Å². The van der Waals surface area contributed by atoms with Gasteiger partial charge in [0.2, 0.25) is 28.9 Å². The molecule has 1 aliphatic carbocycles. The van der Waals surface area contributed by atoms with Crippen molar-refractivity contribution in [3.63, 3.8) is 0 Å². The summed E-state index contributed by atoms with van der Waals surface area (Å²) >= 11 is 1.61. The minimum Gasteiger partial charge on any atom is -0.493 e. The highest BCUT2D eigenvalue weighted by Crippen LogP contribution is 2.50. The first-order valence-corrected chi connectivity index (χ1v) is 16.2. The summed E-state index contributed by atoms with van der Waals surface area (Å²) in [5.41, 5.74) is 2.98. The van der Waals surface area contributed by atoms with E-state index in [1.807, 2.05) is 18.4 Å². The third kappa shape index (κ3) is 7.40. The second-order valence-electron chi connectivity index (χ2n) is 10.8. The number of thioether (sulfide) groups is 1. The van der Waals surface area contributed by atoms with Gasteiger partial charge < -0.3 is 35.1 Å². The van der Waals surface area contributed by atoms with Crippen LogP contribution in [0.3, 0.4) is 0 Å². The molecule has 2 aliphatic rings. The zero-order chi connectivity index (χ0) is 31.8. The number of fused-ring (bicyclic) bond motifs is 3. The monoisotopic (exact) mass is 626 g/mol. The number of rotatable bonds is 13. The topological polar surface area (TPSA) is 135 Å². The number of nitrogens with one attached hydrogen (secondary N) is 3. The maximum atomic E-state index is 13.7. The van der Waals surface area contributed by atoms with Crippen molar-refractivity contribution in [3.05, 3.63) is 45.6 Å². The number of anilines is 1. The Morgan fingerprint density at radius 2 is 1.84 bits per heavy atom. The predicted octanol–water partition coefficient (Wildman–Crippen LogP) is 3.14. The standard InChI is InChI=1S/C32H42N4O7S/c1-19(37)34-23-10-8-20-17-27(41-2)30(42-3)31(43-4)29(20)21-9-11-24(26(38)18-22(21)23)35-25(12-16-44-5)32(40)33-13-15-36-14-6-7-28(36)39/h9,11,17-18,23,25H,6-8,10,12-16H2,1-5H3,(H,33,40)(H,34,37)(H,35,38). The van der Waals surface area contributed by atoms with Crippen LogP contribution in [0.1, 0.15) is 49.8 Å². The maximum Gasteiger partial charge on any atom is 0.242 e. The van der Waals surface area contributed by atoms with Crippen LogP contribution in [0.15, 0.2) is 29.1 Å². The molecular weight excluding hydrogens is 584 g/mol. The number of hydrogen-bond acceptors (Lipinski definition) is 9. The number of carbonyl (C=O) groups excluding carboxylic acids is 3. The summed E-state index contributed by atoms with van der Waals surface area (Å²) in [5.74, 6) is 1.77. The van der Waals surface area contributed by atoms with E-state index in [1.165, 1.54) is 20.1 Å². The van der Waals surface area contributed by atoms with Crippen LogP contribution < -0.4 is 35.6 Å². The summed E-state index contributed by atoms with van der Waals surface area (Å²) < 4.78 is 17.1. The number of carbonyl (C=O) groups is 3. The molecule has 0 radical (unpaired) electrons. The van der Waals surface area contributed by atoms with E-state index in [-0.39, 0.29) is 28.8 Å². The lowest BCUT2D eigenvalue weighted by Gasteiger charge is -2.20. The molecule has 11 nitrogen and oxygen atoms in total. The number of likely N-dealkylation sites (tertiary alicyclic amines) is 1. The highest BCUT2D eigenvalue weighted by molar-refractivity contribution is 7.98. The van der Waals surface area contributed by atoms with Crippen LogP contribution in [-0.2, 0) is 20.8 Å². The molecule has 0 bridgehead atoms. The molecule has 2 unspecified atom stereocenters. The summed E-state index contributed by atoms with van der Waals surface area (Å²) in [4.78, 5) is 53.0. The number of benzene rings is 1. The van der Waals surface area contributed by atoms with Crippen LogP contribution in [0.2, 0.25) is 0 Å². The van der Waals surface area contributed by atoms with Gasteiger partial charge in [-0.1, -0.05) is 6.07 Å². The molecule has 0 saturated carbocycles. The van der Waals surface area contributed by atoms with Crippen molar-refractivity contribution in [2.75, 3.05) is 58.3 Å². The minimum absolute atomic E-state index is 0.107. The minimum atomic E-state index is -0.663. The summed E-state index contributed by atoms with van der Waals surface area (Å²) in [7, 11) is 4.65. The highest BCUT2D eigenvalue weighted by Gasteiger charge is 2.30. The van der Waals surface area contributed by atoms with Gasteiger partial charge in [0.1, 0.15) is 6.04 Å². The Bertz CT molecular complexity index is 1450. The third-order valence-corrected chi connectivity index (χ3v) is 8.67. The van der Waals surface area contributed by atoms with Crippen LogP contribution >= 0.6 is 11.8 Å². The molecular formula is C32H42N4O7S. The molecule has 2 aromatic rings. The van der Waals surface area contributed by atoms with Gasteiger partial charge in [-0.25, -0.2) is 0 Å². The quantitative estimate of drug-likeness (QED) is 0.307. The molecule has 3 N–H and O–H groups in total. The number of ether oxygens (including phenoxy) is 3. The number of methoxy groups -OCH3 is 3. The fourth-order valence-corrected chi connectivity index (χ4v) is 6.37. The average Bonchev–Trinajstić information content (AvgIpc) is 3.27. The normalized spacial score (nSPS) is 16.2. The van der Waals surface area contributed by atoms with Gasteiger partial charge in [0.25, 0.3) is 0 Å². The molecule has 238 valence electrons.